The first-order valence-electron chi connectivity index (χ1n) is 13.6. The van der Waals surface area contributed by atoms with Crippen molar-refractivity contribution >= 4 is 52.9 Å². The fraction of sp³-hybridized carbons (Fsp3) is 0.118. The second-order valence-electron chi connectivity index (χ2n) is 9.35. The van der Waals surface area contributed by atoms with Gasteiger partial charge in [-0.1, -0.05) is 36.4 Å². The van der Waals surface area contributed by atoms with Crippen molar-refractivity contribution in [2.45, 2.75) is 4.90 Å². The summed E-state index contributed by atoms with van der Waals surface area (Å²) in [6.07, 6.45) is 1.54. The molecule has 0 aliphatic rings. The first-order valence-corrected chi connectivity index (χ1v) is 14.6. The summed E-state index contributed by atoms with van der Waals surface area (Å²) in [5, 5.41) is 8.25. The Balaban J connectivity index is 1.44. The Labute approximate surface area is 264 Å². The molecule has 0 bridgehead atoms. The van der Waals surface area contributed by atoms with Crippen molar-refractivity contribution in [1.82, 2.24) is 5.32 Å². The lowest BCUT2D eigenvalue weighted by molar-refractivity contribution is -0.114. The Bertz CT molecular complexity index is 1710. The van der Waals surface area contributed by atoms with Gasteiger partial charge in [-0.3, -0.25) is 14.4 Å². The molecule has 0 unspecified atom stereocenters. The molecule has 3 N–H and O–H groups in total. The molecule has 3 amide bonds. The van der Waals surface area contributed by atoms with E-state index in [2.05, 4.69) is 16.0 Å². The number of anilines is 2. The van der Waals surface area contributed by atoms with Gasteiger partial charge in [-0.05, 0) is 72.3 Å². The van der Waals surface area contributed by atoms with Crippen molar-refractivity contribution < 1.29 is 33.4 Å². The molecule has 45 heavy (non-hydrogen) atoms. The molecule has 0 saturated heterocycles. The fourth-order valence-electron chi connectivity index (χ4n) is 4.10. The number of hydrogen-bond acceptors (Lipinski definition) is 8. The van der Waals surface area contributed by atoms with Gasteiger partial charge in [0.2, 0.25) is 5.91 Å². The summed E-state index contributed by atoms with van der Waals surface area (Å²) < 4.78 is 15.4. The number of carbonyl (C=O) groups is 4. The van der Waals surface area contributed by atoms with E-state index in [0.29, 0.717) is 34.0 Å². The smallest absolute Gasteiger partial charge is 0.339 e. The number of methoxy groups -OCH3 is 3. The Morgan fingerprint density at radius 1 is 0.756 bits per heavy atom. The van der Waals surface area contributed by atoms with E-state index in [1.807, 2.05) is 0 Å². The number of para-hydroxylation sites is 1. The van der Waals surface area contributed by atoms with Gasteiger partial charge in [0, 0.05) is 16.1 Å². The standard InChI is InChI=1S/C34H31N3O7S/c1-42-29-18-13-22(20-30(29)43-2)19-28(37-32(39)23-9-5-4-6-10-23)33(40)35-24-14-16-25(17-15-24)45-21-31(38)36-27-12-8-7-11-26(27)34(41)44-3/h4-20H,21H2,1-3H3,(H,35,40)(H,36,38)(H,37,39)/b28-19-. The third-order valence-corrected chi connectivity index (χ3v) is 7.35. The van der Waals surface area contributed by atoms with Gasteiger partial charge < -0.3 is 30.2 Å². The van der Waals surface area contributed by atoms with E-state index in [0.717, 1.165) is 4.90 Å². The van der Waals surface area contributed by atoms with Gasteiger partial charge in [0.25, 0.3) is 11.8 Å². The summed E-state index contributed by atoms with van der Waals surface area (Å²) in [6.45, 7) is 0. The van der Waals surface area contributed by atoms with Crippen LogP contribution in [0.15, 0.2) is 108 Å². The van der Waals surface area contributed by atoms with Crippen molar-refractivity contribution in [2.75, 3.05) is 37.7 Å². The maximum atomic E-state index is 13.4. The Morgan fingerprint density at radius 2 is 1.44 bits per heavy atom. The number of benzene rings is 4. The number of esters is 1. The predicted octanol–water partition coefficient (Wildman–Crippen LogP) is 5.63. The van der Waals surface area contributed by atoms with Gasteiger partial charge in [0.15, 0.2) is 11.5 Å². The summed E-state index contributed by atoms with van der Waals surface area (Å²) in [5.41, 5.74) is 2.11. The van der Waals surface area contributed by atoms with Crippen LogP contribution in [0.3, 0.4) is 0 Å². The third kappa shape index (κ3) is 8.97. The maximum absolute atomic E-state index is 13.4. The van der Waals surface area contributed by atoms with E-state index in [4.69, 9.17) is 14.2 Å². The fourth-order valence-corrected chi connectivity index (χ4v) is 4.80. The van der Waals surface area contributed by atoms with Crippen molar-refractivity contribution in [3.63, 3.8) is 0 Å². The number of nitrogens with one attached hydrogen (secondary N) is 3. The van der Waals surface area contributed by atoms with Gasteiger partial charge in [-0.25, -0.2) is 4.79 Å². The monoisotopic (exact) mass is 625 g/mol. The van der Waals surface area contributed by atoms with Crippen molar-refractivity contribution in [2.24, 2.45) is 0 Å². The molecule has 0 aromatic heterocycles. The predicted molar refractivity (Wildman–Crippen MR) is 174 cm³/mol. The maximum Gasteiger partial charge on any atom is 0.339 e. The largest absolute Gasteiger partial charge is 0.493 e. The Morgan fingerprint density at radius 3 is 2.13 bits per heavy atom. The number of thioether (sulfide) groups is 1. The van der Waals surface area contributed by atoms with Crippen LogP contribution in [0.1, 0.15) is 26.3 Å². The van der Waals surface area contributed by atoms with Crippen LogP contribution in [-0.4, -0.2) is 50.8 Å². The minimum absolute atomic E-state index is 0.0124. The van der Waals surface area contributed by atoms with E-state index in [-0.39, 0.29) is 22.9 Å². The van der Waals surface area contributed by atoms with E-state index in [1.165, 1.54) is 33.1 Å². The van der Waals surface area contributed by atoms with Gasteiger partial charge in [-0.15, -0.1) is 11.8 Å². The number of rotatable bonds is 12. The van der Waals surface area contributed by atoms with Crippen LogP contribution in [0.25, 0.3) is 6.08 Å². The van der Waals surface area contributed by atoms with Crippen molar-refractivity contribution in [3.8, 4) is 11.5 Å². The van der Waals surface area contributed by atoms with Crippen LogP contribution in [0, 0.1) is 0 Å². The number of carbonyl (C=O) groups excluding carboxylic acids is 4. The van der Waals surface area contributed by atoms with Gasteiger partial charge in [0.05, 0.1) is 38.3 Å². The molecular weight excluding hydrogens is 594 g/mol. The number of amides is 3. The molecule has 0 atom stereocenters. The molecule has 0 heterocycles. The zero-order valence-electron chi connectivity index (χ0n) is 24.8. The number of ether oxygens (including phenoxy) is 3. The summed E-state index contributed by atoms with van der Waals surface area (Å²) in [6, 6.07) is 27.2. The topological polar surface area (TPSA) is 132 Å². The molecule has 0 spiro atoms. The molecule has 0 aliphatic heterocycles. The normalized spacial score (nSPS) is 10.8. The highest BCUT2D eigenvalue weighted by atomic mass is 32.2. The van der Waals surface area contributed by atoms with Crippen LogP contribution >= 0.6 is 11.8 Å². The first kappa shape index (κ1) is 32.4. The molecule has 10 nitrogen and oxygen atoms in total. The first-order chi connectivity index (χ1) is 21.8. The molecule has 11 heteroatoms. The lowest BCUT2D eigenvalue weighted by atomic mass is 10.1. The van der Waals surface area contributed by atoms with Gasteiger partial charge in [-0.2, -0.15) is 0 Å². The summed E-state index contributed by atoms with van der Waals surface area (Å²) in [5.74, 6) is -0.754. The number of hydrogen-bond donors (Lipinski definition) is 3. The highest BCUT2D eigenvalue weighted by Crippen LogP contribution is 2.28. The van der Waals surface area contributed by atoms with Gasteiger partial charge in [0.1, 0.15) is 5.70 Å². The molecule has 0 aliphatic carbocycles. The molecule has 0 radical (unpaired) electrons. The summed E-state index contributed by atoms with van der Waals surface area (Å²) in [7, 11) is 4.31. The van der Waals surface area contributed by atoms with Gasteiger partial charge >= 0.3 is 5.97 Å². The lowest BCUT2D eigenvalue weighted by Gasteiger charge is -2.13. The van der Waals surface area contributed by atoms with Crippen LogP contribution in [0.2, 0.25) is 0 Å². The average molecular weight is 626 g/mol. The molecule has 0 saturated carbocycles. The highest BCUT2D eigenvalue weighted by molar-refractivity contribution is 8.00. The quantitative estimate of drug-likeness (QED) is 0.105. The van der Waals surface area contributed by atoms with E-state index < -0.39 is 17.8 Å². The van der Waals surface area contributed by atoms with E-state index >= 15 is 0 Å². The lowest BCUT2D eigenvalue weighted by Crippen LogP contribution is -2.30. The van der Waals surface area contributed by atoms with Crippen LogP contribution in [0.5, 0.6) is 11.5 Å². The second kappa shape index (κ2) is 15.8. The van der Waals surface area contributed by atoms with Crippen LogP contribution < -0.4 is 25.4 Å². The molecule has 4 aromatic rings. The van der Waals surface area contributed by atoms with Crippen LogP contribution in [-0.2, 0) is 14.3 Å². The molecule has 4 aromatic carbocycles. The van der Waals surface area contributed by atoms with E-state index in [9.17, 15) is 19.2 Å². The van der Waals surface area contributed by atoms with Crippen molar-refractivity contribution in [3.05, 3.63) is 119 Å². The third-order valence-electron chi connectivity index (χ3n) is 6.34. The molecule has 0 fully saturated rings. The Hall–Kier alpha value is -5.55. The molecule has 4 rings (SSSR count). The SMILES string of the molecule is COC(=O)c1ccccc1NC(=O)CSc1ccc(NC(=O)/C(=C/c2ccc(OC)c(OC)c2)NC(=O)c2ccccc2)cc1. The highest BCUT2D eigenvalue weighted by Gasteiger charge is 2.17. The summed E-state index contributed by atoms with van der Waals surface area (Å²) >= 11 is 1.28. The zero-order valence-corrected chi connectivity index (χ0v) is 25.6. The molecular formula is C34H31N3O7S. The second-order valence-corrected chi connectivity index (χ2v) is 10.4. The molecule has 230 valence electrons. The minimum Gasteiger partial charge on any atom is -0.493 e. The minimum atomic E-state index is -0.544. The zero-order chi connectivity index (χ0) is 32.2. The van der Waals surface area contributed by atoms with Crippen LogP contribution in [0.4, 0.5) is 11.4 Å². The summed E-state index contributed by atoms with van der Waals surface area (Å²) in [4.78, 5) is 51.6. The van der Waals surface area contributed by atoms with E-state index in [1.54, 1.807) is 103 Å². The van der Waals surface area contributed by atoms with Crippen molar-refractivity contribution in [1.29, 1.82) is 0 Å². The Kier molecular flexibility index (Phi) is 11.4. The average Bonchev–Trinajstić information content (AvgIpc) is 3.07.